The maximum absolute atomic E-state index is 12.3. The van der Waals surface area contributed by atoms with Crippen LogP contribution in [0.4, 0.5) is 13.2 Å². The predicted octanol–water partition coefficient (Wildman–Crippen LogP) is 17.3. The van der Waals surface area contributed by atoms with Gasteiger partial charge in [0.25, 0.3) is 0 Å². The number of allylic oxidation sites excluding steroid dienone is 2. The minimum absolute atomic E-state index is 0.0741. The van der Waals surface area contributed by atoms with Gasteiger partial charge in [0, 0.05) is 67.4 Å². The summed E-state index contributed by atoms with van der Waals surface area (Å²) in [5, 5.41) is 6.57. The molecule has 6 heterocycles. The van der Waals surface area contributed by atoms with Crippen molar-refractivity contribution in [2.75, 3.05) is 13.1 Å². The fourth-order valence-corrected chi connectivity index (χ4v) is 8.46. The van der Waals surface area contributed by atoms with Crippen molar-refractivity contribution in [1.29, 1.82) is 0 Å². The van der Waals surface area contributed by atoms with Crippen LogP contribution in [0, 0.1) is 72.0 Å². The number of aryl methyl sites for hydroxylation is 3. The van der Waals surface area contributed by atoms with E-state index in [0.717, 1.165) is 92.2 Å². The first kappa shape index (κ1) is 69.7. The number of thiazole rings is 1. The second-order valence-electron chi connectivity index (χ2n) is 23.9. The van der Waals surface area contributed by atoms with Crippen molar-refractivity contribution in [3.8, 4) is 0 Å². The Morgan fingerprint density at radius 3 is 1.61 bits per heavy atom. The topological polar surface area (TPSA) is 94.3 Å². The zero-order chi connectivity index (χ0) is 57.2. The molecule has 8 rings (SSSR count). The highest BCUT2D eigenvalue weighted by Crippen LogP contribution is 2.48. The summed E-state index contributed by atoms with van der Waals surface area (Å²) in [5.41, 5.74) is 6.76. The van der Waals surface area contributed by atoms with Crippen LogP contribution >= 0.6 is 11.3 Å². The van der Waals surface area contributed by atoms with E-state index in [9.17, 15) is 13.2 Å². The maximum Gasteiger partial charge on any atom is 0.392 e. The number of nitrogens with one attached hydrogen (secondary N) is 1. The van der Waals surface area contributed by atoms with Crippen molar-refractivity contribution < 1.29 is 13.2 Å². The van der Waals surface area contributed by atoms with Gasteiger partial charge < -0.3 is 9.88 Å². The lowest BCUT2D eigenvalue weighted by atomic mass is 9.90. The van der Waals surface area contributed by atoms with Gasteiger partial charge in [-0.15, -0.1) is 11.3 Å². The number of alkyl halides is 3. The molecule has 3 aliphatic rings. The smallest absolute Gasteiger partial charge is 0.338 e. The lowest BCUT2D eigenvalue weighted by Crippen LogP contribution is -2.44. The number of nitrogens with zero attached hydrogens (tertiary/aromatic N) is 7. The van der Waals surface area contributed by atoms with E-state index in [0.29, 0.717) is 5.92 Å². The van der Waals surface area contributed by atoms with Crippen LogP contribution in [0.5, 0.6) is 0 Å². The number of aromatic nitrogens is 7. The van der Waals surface area contributed by atoms with Gasteiger partial charge in [-0.25, -0.2) is 19.9 Å². The van der Waals surface area contributed by atoms with Crippen LogP contribution in [0.1, 0.15) is 176 Å². The Bertz CT molecular complexity index is 2100. The quantitative estimate of drug-likeness (QED) is 0.104. The number of pyridine rings is 2. The molecule has 2 aliphatic carbocycles. The Morgan fingerprint density at radius 2 is 1.26 bits per heavy atom. The third-order valence-corrected chi connectivity index (χ3v) is 13.0. The van der Waals surface area contributed by atoms with Gasteiger partial charge in [-0.05, 0) is 167 Å². The molecule has 2 saturated carbocycles. The average molecular weight is 1080 g/mol. The summed E-state index contributed by atoms with van der Waals surface area (Å²) < 4.78 is 38.9. The van der Waals surface area contributed by atoms with E-state index in [4.69, 9.17) is 0 Å². The summed E-state index contributed by atoms with van der Waals surface area (Å²) in [4.78, 5) is 24.9. The first-order valence-corrected chi connectivity index (χ1v) is 29.5. The van der Waals surface area contributed by atoms with Crippen LogP contribution in [0.2, 0.25) is 0 Å². The lowest BCUT2D eigenvalue weighted by Gasteiger charge is -2.30. The molecule has 0 aromatic carbocycles. The molecular weight excluding hydrogens is 970 g/mol. The molecule has 1 saturated heterocycles. The molecule has 1 N–H and O–H groups in total. The predicted molar refractivity (Wildman–Crippen MR) is 318 cm³/mol. The normalized spacial score (nSPS) is 14.0. The van der Waals surface area contributed by atoms with E-state index in [1.807, 2.05) is 62.4 Å². The molecule has 76 heavy (non-hydrogen) atoms. The first-order valence-electron chi connectivity index (χ1n) is 28.6. The highest BCUT2D eigenvalue weighted by molar-refractivity contribution is 7.09. The largest absolute Gasteiger partial charge is 0.392 e. The van der Waals surface area contributed by atoms with Crippen molar-refractivity contribution in [3.63, 3.8) is 0 Å². The molecular formula is C64H105F3N8S. The molecule has 0 bridgehead atoms. The van der Waals surface area contributed by atoms with Crippen molar-refractivity contribution in [1.82, 2.24) is 39.8 Å². The van der Waals surface area contributed by atoms with Crippen LogP contribution in [0.25, 0.3) is 0 Å². The van der Waals surface area contributed by atoms with Gasteiger partial charge >= 0.3 is 6.18 Å². The molecule has 0 radical (unpaired) electrons. The van der Waals surface area contributed by atoms with E-state index in [1.165, 1.54) is 60.0 Å². The standard InChI is InChI=1S/C10H15N.C9H13N.C8H13F3.C8H14N2.C8H12N2.C8H13NS.C7H12.C6H13N/c1-9(2)6-7-10-5-3-4-8-11-10;1-8(2)6-9-4-3-5-10-7-9;1-5(2)7(6-3-4-6)8(9,10)11;1-7(2)4-8-5-9-6-10(8)3;1-7(2)6-8-9-4-3-5-10-8;1-6(2)4-8-5-10-7(3)9-8;1-6(2)5-7-3-4-7;1-5(2)6-3-7-4-6/h3-5,8-9H,6-7H2,1-2H3;3-5,7-8H,6H2,1-2H3;5-7H,3-4H2,1-2H3;5-7H,4H2,1-3H3;3-5,7H,6H2,1-2H3;5-6H,4H2,1-3H3;5-6H,3-4H2,1-2H3;5-7H,3-4H2,1-2H3. The number of hydrogen-bond donors (Lipinski definition) is 1. The Kier molecular flexibility index (Phi) is 35.9. The maximum atomic E-state index is 12.3. The van der Waals surface area contributed by atoms with E-state index >= 15 is 0 Å². The molecule has 0 spiro atoms. The van der Waals surface area contributed by atoms with E-state index in [1.54, 1.807) is 43.2 Å². The fraction of sp³-hybridized carbons (Fsp3) is 0.656. The van der Waals surface area contributed by atoms with Crippen LogP contribution in [0.3, 0.4) is 0 Å². The zero-order valence-electron chi connectivity index (χ0n) is 50.7. The zero-order valence-corrected chi connectivity index (χ0v) is 51.5. The van der Waals surface area contributed by atoms with Gasteiger partial charge in [-0.2, -0.15) is 13.2 Å². The number of halogens is 3. The lowest BCUT2D eigenvalue weighted by molar-refractivity contribution is -0.191. The van der Waals surface area contributed by atoms with Gasteiger partial charge in [0.1, 0.15) is 5.82 Å². The molecule has 1 atom stereocenters. The monoisotopic (exact) mass is 1070 g/mol. The number of hydrogen-bond acceptors (Lipinski definition) is 8. The van der Waals surface area contributed by atoms with Crippen LogP contribution in [-0.4, -0.2) is 53.7 Å². The van der Waals surface area contributed by atoms with Crippen LogP contribution < -0.4 is 5.32 Å². The minimum Gasteiger partial charge on any atom is -0.338 e. The summed E-state index contributed by atoms with van der Waals surface area (Å²) in [6.07, 6.45) is 22.3. The van der Waals surface area contributed by atoms with Gasteiger partial charge in [-0.1, -0.05) is 135 Å². The Balaban J connectivity index is 0.000000436. The molecule has 428 valence electrons. The number of imidazole rings is 1. The van der Waals surface area contributed by atoms with E-state index in [2.05, 4.69) is 167 Å². The summed E-state index contributed by atoms with van der Waals surface area (Å²) >= 11 is 1.74. The van der Waals surface area contributed by atoms with Crippen LogP contribution in [-0.2, 0) is 39.2 Å². The summed E-state index contributed by atoms with van der Waals surface area (Å²) in [6.45, 7) is 39.0. The molecule has 8 nitrogen and oxygen atoms in total. The minimum atomic E-state index is -3.98. The average Bonchev–Trinajstić information content (AvgIpc) is 4.23. The van der Waals surface area contributed by atoms with Crippen molar-refractivity contribution in [2.24, 2.45) is 72.1 Å². The molecule has 1 aliphatic heterocycles. The third-order valence-electron chi connectivity index (χ3n) is 12.2. The second-order valence-corrected chi connectivity index (χ2v) is 25.0. The highest BCUT2D eigenvalue weighted by Gasteiger charge is 2.50. The van der Waals surface area contributed by atoms with Gasteiger partial charge in [0.05, 0.1) is 22.9 Å². The van der Waals surface area contributed by atoms with Gasteiger partial charge in [0.2, 0.25) is 0 Å². The summed E-state index contributed by atoms with van der Waals surface area (Å²) in [5.74, 6) is 5.77. The molecule has 5 aromatic rings. The first-order chi connectivity index (χ1) is 35.8. The van der Waals surface area contributed by atoms with Crippen LogP contribution in [0.15, 0.2) is 96.9 Å². The van der Waals surface area contributed by atoms with Crippen molar-refractivity contribution >= 4 is 11.3 Å². The second kappa shape index (κ2) is 39.1. The van der Waals surface area contributed by atoms with Gasteiger partial charge in [-0.3, -0.25) is 9.97 Å². The molecule has 5 aromatic heterocycles. The summed E-state index contributed by atoms with van der Waals surface area (Å²) in [7, 11) is 2.03. The van der Waals surface area contributed by atoms with E-state index in [-0.39, 0.29) is 11.8 Å². The Hall–Kier alpha value is -4.29. The molecule has 1 unspecified atom stereocenters. The molecule has 3 fully saturated rings. The molecule has 0 amide bonds. The SMILES string of the molecule is CC(C)C(C1CC1)C(F)(F)F.CC(C)C1CNC1.CC(C)C=C1CC1.CC(C)CCc1ccccn1.CC(C)Cc1cccnc1.CC(C)Cc1cncn1C.CC(C)Cc1ncccn1.Cc1nc(CC(C)C)cs1. The number of rotatable bonds is 15. The van der Waals surface area contributed by atoms with E-state index < -0.39 is 12.1 Å². The fourth-order valence-electron chi connectivity index (χ4n) is 7.83. The molecule has 12 heteroatoms. The van der Waals surface area contributed by atoms with Crippen molar-refractivity contribution in [3.05, 3.63) is 130 Å². The summed E-state index contributed by atoms with van der Waals surface area (Å²) in [6, 6.07) is 12.0. The Labute approximate surface area is 465 Å². The highest BCUT2D eigenvalue weighted by atomic mass is 32.1. The van der Waals surface area contributed by atoms with Crippen molar-refractivity contribution in [2.45, 2.75) is 188 Å². The van der Waals surface area contributed by atoms with Gasteiger partial charge in [0.15, 0.2) is 0 Å². The third kappa shape index (κ3) is 37.5. The Morgan fingerprint density at radius 1 is 0.658 bits per heavy atom.